The standard InChI is InChI=1S/C14H17F2N3O2/c15-8-3-1-4-9(16)13(8)10-7-12(19-18-10)17-14(20)11-5-2-6-21-11/h1,3-4,10-12,18-19H,2,5-7H2,(H,17,20). The highest BCUT2D eigenvalue weighted by Gasteiger charge is 2.32. The van der Waals surface area contributed by atoms with Crippen LogP contribution in [0.5, 0.6) is 0 Å². The average molecular weight is 297 g/mol. The number of carbonyl (C=O) groups excluding carboxylic acids is 1. The number of ether oxygens (including phenoxy) is 1. The molecule has 1 aromatic carbocycles. The molecule has 0 saturated carbocycles. The molecule has 1 amide bonds. The number of carbonyl (C=O) groups is 1. The molecule has 0 bridgehead atoms. The second kappa shape index (κ2) is 6.05. The topological polar surface area (TPSA) is 62.4 Å². The number of rotatable bonds is 3. The minimum Gasteiger partial charge on any atom is -0.368 e. The van der Waals surface area contributed by atoms with Gasteiger partial charge in [0.15, 0.2) is 0 Å². The first-order valence-corrected chi connectivity index (χ1v) is 7.02. The number of hydrogen-bond acceptors (Lipinski definition) is 4. The number of hydrazine groups is 1. The largest absolute Gasteiger partial charge is 0.368 e. The Kier molecular flexibility index (Phi) is 4.14. The molecule has 7 heteroatoms. The van der Waals surface area contributed by atoms with Crippen molar-refractivity contribution in [3.63, 3.8) is 0 Å². The Bertz CT molecular complexity index is 515. The molecule has 5 nitrogen and oxygen atoms in total. The number of benzene rings is 1. The molecule has 2 fully saturated rings. The number of hydrogen-bond donors (Lipinski definition) is 3. The molecule has 1 aromatic rings. The lowest BCUT2D eigenvalue weighted by Crippen LogP contribution is -2.47. The van der Waals surface area contributed by atoms with Crippen LogP contribution in [0, 0.1) is 11.6 Å². The molecular formula is C14H17F2N3O2. The van der Waals surface area contributed by atoms with E-state index in [2.05, 4.69) is 16.2 Å². The molecule has 0 aliphatic carbocycles. The lowest BCUT2D eigenvalue weighted by Gasteiger charge is -2.15. The molecule has 2 aliphatic rings. The smallest absolute Gasteiger partial charge is 0.250 e. The lowest BCUT2D eigenvalue weighted by atomic mass is 10.0. The van der Waals surface area contributed by atoms with Crippen LogP contribution >= 0.6 is 0 Å². The Morgan fingerprint density at radius 2 is 2.05 bits per heavy atom. The summed E-state index contributed by atoms with van der Waals surface area (Å²) in [5, 5.41) is 2.78. The van der Waals surface area contributed by atoms with Gasteiger partial charge in [-0.15, -0.1) is 0 Å². The van der Waals surface area contributed by atoms with Gasteiger partial charge >= 0.3 is 0 Å². The summed E-state index contributed by atoms with van der Waals surface area (Å²) in [5.41, 5.74) is 5.64. The van der Waals surface area contributed by atoms with E-state index in [0.717, 1.165) is 6.42 Å². The third-order valence-corrected chi connectivity index (χ3v) is 3.79. The fourth-order valence-corrected chi connectivity index (χ4v) is 2.73. The van der Waals surface area contributed by atoms with Crippen LogP contribution in [0.3, 0.4) is 0 Å². The summed E-state index contributed by atoms with van der Waals surface area (Å²) >= 11 is 0. The molecule has 0 spiro atoms. The third kappa shape index (κ3) is 3.04. The maximum atomic E-state index is 13.7. The second-order valence-electron chi connectivity index (χ2n) is 5.28. The molecular weight excluding hydrogens is 280 g/mol. The maximum absolute atomic E-state index is 13.7. The highest BCUT2D eigenvalue weighted by Crippen LogP contribution is 2.26. The van der Waals surface area contributed by atoms with Crippen LogP contribution in [0.4, 0.5) is 8.78 Å². The fraction of sp³-hybridized carbons (Fsp3) is 0.500. The van der Waals surface area contributed by atoms with E-state index in [0.29, 0.717) is 19.4 Å². The first kappa shape index (κ1) is 14.4. The molecule has 21 heavy (non-hydrogen) atoms. The van der Waals surface area contributed by atoms with E-state index in [1.54, 1.807) is 0 Å². The van der Waals surface area contributed by atoms with E-state index in [1.807, 2.05) is 0 Å². The van der Waals surface area contributed by atoms with Gasteiger partial charge in [0.1, 0.15) is 17.7 Å². The van der Waals surface area contributed by atoms with Crippen LogP contribution in [0.25, 0.3) is 0 Å². The molecule has 3 atom stereocenters. The van der Waals surface area contributed by atoms with Crippen molar-refractivity contribution in [2.75, 3.05) is 6.61 Å². The van der Waals surface area contributed by atoms with E-state index in [-0.39, 0.29) is 17.6 Å². The van der Waals surface area contributed by atoms with Gasteiger partial charge in [-0.2, -0.15) is 0 Å². The molecule has 2 heterocycles. The van der Waals surface area contributed by atoms with E-state index >= 15 is 0 Å². The van der Waals surface area contributed by atoms with Crippen molar-refractivity contribution < 1.29 is 18.3 Å². The van der Waals surface area contributed by atoms with Crippen LogP contribution in [-0.4, -0.2) is 24.8 Å². The SMILES string of the molecule is O=C(NC1CC(c2c(F)cccc2F)NN1)C1CCCO1. The van der Waals surface area contributed by atoms with Gasteiger partial charge in [-0.25, -0.2) is 19.6 Å². The van der Waals surface area contributed by atoms with Gasteiger partial charge in [0.05, 0.1) is 12.2 Å². The van der Waals surface area contributed by atoms with Crippen LogP contribution in [0.2, 0.25) is 0 Å². The average Bonchev–Trinajstić information content (AvgIpc) is 3.10. The minimum absolute atomic E-state index is 0.0149. The summed E-state index contributed by atoms with van der Waals surface area (Å²) in [7, 11) is 0. The molecule has 3 unspecified atom stereocenters. The quantitative estimate of drug-likeness (QED) is 0.782. The Morgan fingerprint density at radius 1 is 1.29 bits per heavy atom. The van der Waals surface area contributed by atoms with Gasteiger partial charge in [-0.1, -0.05) is 6.07 Å². The summed E-state index contributed by atoms with van der Waals surface area (Å²) < 4.78 is 32.7. The zero-order chi connectivity index (χ0) is 14.8. The van der Waals surface area contributed by atoms with E-state index in [4.69, 9.17) is 4.74 Å². The van der Waals surface area contributed by atoms with E-state index in [9.17, 15) is 13.6 Å². The zero-order valence-electron chi connectivity index (χ0n) is 11.4. The Morgan fingerprint density at radius 3 is 2.71 bits per heavy atom. The summed E-state index contributed by atoms with van der Waals surface area (Å²) in [6, 6.07) is 3.24. The first-order chi connectivity index (χ1) is 10.1. The molecule has 3 N–H and O–H groups in total. The molecule has 2 aliphatic heterocycles. The predicted octanol–water partition coefficient (Wildman–Crippen LogP) is 1.13. The summed E-state index contributed by atoms with van der Waals surface area (Å²) in [6.07, 6.45) is 1.13. The highest BCUT2D eigenvalue weighted by molar-refractivity contribution is 5.81. The highest BCUT2D eigenvalue weighted by atomic mass is 19.1. The molecule has 114 valence electrons. The van der Waals surface area contributed by atoms with Crippen molar-refractivity contribution in [1.29, 1.82) is 0 Å². The summed E-state index contributed by atoms with van der Waals surface area (Å²) in [6.45, 7) is 0.595. The summed E-state index contributed by atoms with van der Waals surface area (Å²) in [5.74, 6) is -1.39. The third-order valence-electron chi connectivity index (χ3n) is 3.79. The van der Waals surface area contributed by atoms with Crippen molar-refractivity contribution >= 4 is 5.91 Å². The van der Waals surface area contributed by atoms with Gasteiger partial charge in [-0.3, -0.25) is 4.79 Å². The van der Waals surface area contributed by atoms with Crippen LogP contribution < -0.4 is 16.2 Å². The Balaban J connectivity index is 1.61. The fourth-order valence-electron chi connectivity index (χ4n) is 2.73. The van der Waals surface area contributed by atoms with Gasteiger partial charge in [0, 0.05) is 18.6 Å². The number of amides is 1. The minimum atomic E-state index is -0.597. The second-order valence-corrected chi connectivity index (χ2v) is 5.28. The van der Waals surface area contributed by atoms with Crippen molar-refractivity contribution in [2.45, 2.75) is 37.6 Å². The Labute approximate surface area is 121 Å². The molecule has 2 saturated heterocycles. The van der Waals surface area contributed by atoms with Gasteiger partial charge in [0.2, 0.25) is 5.91 Å². The van der Waals surface area contributed by atoms with Gasteiger partial charge < -0.3 is 10.1 Å². The van der Waals surface area contributed by atoms with E-state index in [1.165, 1.54) is 18.2 Å². The van der Waals surface area contributed by atoms with Crippen molar-refractivity contribution in [2.24, 2.45) is 0 Å². The predicted molar refractivity (Wildman–Crippen MR) is 70.9 cm³/mol. The Hall–Kier alpha value is -1.57. The lowest BCUT2D eigenvalue weighted by molar-refractivity contribution is -0.130. The number of nitrogens with one attached hydrogen (secondary N) is 3. The normalized spacial score (nSPS) is 28.8. The van der Waals surface area contributed by atoms with Crippen molar-refractivity contribution in [3.05, 3.63) is 35.4 Å². The van der Waals surface area contributed by atoms with Crippen molar-refractivity contribution in [1.82, 2.24) is 16.2 Å². The molecule has 0 aromatic heterocycles. The molecule has 3 rings (SSSR count). The monoisotopic (exact) mass is 297 g/mol. The maximum Gasteiger partial charge on any atom is 0.250 e. The first-order valence-electron chi connectivity index (χ1n) is 7.02. The van der Waals surface area contributed by atoms with Crippen LogP contribution in [-0.2, 0) is 9.53 Å². The summed E-state index contributed by atoms with van der Waals surface area (Å²) in [4.78, 5) is 11.9. The van der Waals surface area contributed by atoms with Crippen molar-refractivity contribution in [3.8, 4) is 0 Å². The zero-order valence-corrected chi connectivity index (χ0v) is 11.4. The number of halogens is 2. The van der Waals surface area contributed by atoms with E-state index < -0.39 is 23.8 Å². The van der Waals surface area contributed by atoms with Crippen LogP contribution in [0.1, 0.15) is 30.9 Å². The molecule has 0 radical (unpaired) electrons. The van der Waals surface area contributed by atoms with Gasteiger partial charge in [-0.05, 0) is 25.0 Å². The van der Waals surface area contributed by atoms with Crippen LogP contribution in [0.15, 0.2) is 18.2 Å². The van der Waals surface area contributed by atoms with Gasteiger partial charge in [0.25, 0.3) is 0 Å².